The lowest BCUT2D eigenvalue weighted by Gasteiger charge is -2.08. The third kappa shape index (κ3) is 5.27. The molecule has 0 radical (unpaired) electrons. The van der Waals surface area contributed by atoms with Crippen molar-refractivity contribution in [1.29, 1.82) is 0 Å². The molecule has 0 fully saturated rings. The van der Waals surface area contributed by atoms with E-state index in [1.165, 1.54) is 6.07 Å². The van der Waals surface area contributed by atoms with Gasteiger partial charge in [0.25, 0.3) is 0 Å². The molecule has 2 aromatic heterocycles. The van der Waals surface area contributed by atoms with Gasteiger partial charge in [0.15, 0.2) is 9.84 Å². The van der Waals surface area contributed by atoms with Crippen LogP contribution in [0.2, 0.25) is 4.34 Å². The molecule has 178 valence electrons. The maximum absolute atomic E-state index is 13.0. The van der Waals surface area contributed by atoms with Gasteiger partial charge >= 0.3 is 0 Å². The molecule has 1 N–H and O–H groups in total. The fourth-order valence-electron chi connectivity index (χ4n) is 3.72. The summed E-state index contributed by atoms with van der Waals surface area (Å²) >= 11 is 6.99. The van der Waals surface area contributed by atoms with Crippen LogP contribution < -0.4 is 10.1 Å². The van der Waals surface area contributed by atoms with E-state index in [1.54, 1.807) is 23.9 Å². The van der Waals surface area contributed by atoms with Crippen molar-refractivity contribution in [1.82, 2.24) is 15.1 Å². The summed E-state index contributed by atoms with van der Waals surface area (Å²) in [6, 6.07) is 16.5. The van der Waals surface area contributed by atoms with E-state index in [0.29, 0.717) is 40.7 Å². The van der Waals surface area contributed by atoms with Crippen molar-refractivity contribution in [3.05, 3.63) is 75.8 Å². The molecule has 4 aromatic rings. The fourth-order valence-corrected chi connectivity index (χ4v) is 6.57. The summed E-state index contributed by atoms with van der Waals surface area (Å²) in [6.07, 6.45) is 0.435. The predicted octanol–water partition coefficient (Wildman–Crippen LogP) is 4.81. The normalized spacial score (nSPS) is 11.6. The lowest BCUT2D eigenvalue weighted by Crippen LogP contribution is -2.21. The van der Waals surface area contributed by atoms with Gasteiger partial charge in [0.1, 0.15) is 15.7 Å². The number of methoxy groups -OCH3 is 1. The second kappa shape index (κ2) is 10.2. The van der Waals surface area contributed by atoms with Gasteiger partial charge in [-0.15, -0.1) is 11.3 Å². The van der Waals surface area contributed by atoms with Crippen LogP contribution in [-0.4, -0.2) is 31.2 Å². The van der Waals surface area contributed by atoms with E-state index in [2.05, 4.69) is 10.4 Å². The topological polar surface area (TPSA) is 90.3 Å². The molecule has 0 aliphatic rings. The van der Waals surface area contributed by atoms with Gasteiger partial charge in [-0.25, -0.2) is 8.42 Å². The minimum atomic E-state index is -3.63. The van der Waals surface area contributed by atoms with Crippen molar-refractivity contribution in [2.75, 3.05) is 7.11 Å². The number of hydrogen-bond acceptors (Lipinski definition) is 6. The Kier molecular flexibility index (Phi) is 7.25. The first-order valence-electron chi connectivity index (χ1n) is 10.7. The summed E-state index contributed by atoms with van der Waals surface area (Å²) in [5.74, 6) is 0.291. The monoisotopic (exact) mass is 517 g/mol. The highest BCUT2D eigenvalue weighted by Gasteiger charge is 2.24. The number of hydrogen-bond donors (Lipinski definition) is 1. The van der Waals surface area contributed by atoms with Gasteiger partial charge in [-0.3, -0.25) is 9.48 Å². The Labute approximate surface area is 207 Å². The summed E-state index contributed by atoms with van der Waals surface area (Å²) < 4.78 is 34.0. The zero-order valence-electron chi connectivity index (χ0n) is 18.7. The molecule has 4 rings (SSSR count). The maximum Gasteiger partial charge on any atom is 0.219 e. The zero-order chi connectivity index (χ0) is 24.3. The highest BCUT2D eigenvalue weighted by atomic mass is 35.5. The van der Waals surface area contributed by atoms with Crippen LogP contribution in [0.25, 0.3) is 10.9 Å². The Morgan fingerprint density at radius 2 is 1.91 bits per heavy atom. The van der Waals surface area contributed by atoms with Crippen LogP contribution in [0.15, 0.2) is 58.8 Å². The number of carbonyl (C=O) groups excluding carboxylic acids is 1. The van der Waals surface area contributed by atoms with E-state index >= 15 is 0 Å². The van der Waals surface area contributed by atoms with Crippen LogP contribution in [0.5, 0.6) is 5.75 Å². The number of ether oxygens (including phenoxy) is 1. The van der Waals surface area contributed by atoms with E-state index in [0.717, 1.165) is 28.0 Å². The molecule has 0 atom stereocenters. The number of carbonyl (C=O) groups is 1. The molecule has 2 heterocycles. The Morgan fingerprint density at radius 3 is 2.62 bits per heavy atom. The van der Waals surface area contributed by atoms with E-state index in [4.69, 9.17) is 16.3 Å². The fraction of sp³-hybridized carbons (Fsp3) is 0.250. The second-order valence-corrected chi connectivity index (χ2v) is 11.7. The average Bonchev–Trinajstić information content (AvgIpc) is 3.42. The summed E-state index contributed by atoms with van der Waals surface area (Å²) in [6.45, 7) is 2.69. The van der Waals surface area contributed by atoms with Crippen LogP contribution in [-0.2, 0) is 33.5 Å². The van der Waals surface area contributed by atoms with E-state index in [-0.39, 0.29) is 15.9 Å². The smallest absolute Gasteiger partial charge is 0.219 e. The van der Waals surface area contributed by atoms with Gasteiger partial charge in [0.2, 0.25) is 5.91 Å². The molecule has 0 aliphatic heterocycles. The standard InChI is InChI=1S/C24H24ClN3O4S2/c1-3-22(29)26-13-16-6-4-7-17(12-16)14-28-19-8-5-9-20(32-2)24(19)18(27-28)15-34(30,31)23-11-10-21(25)33-23/h4-12H,3,13-15H2,1-2H3,(H,26,29). The molecule has 1 amide bonds. The Balaban J connectivity index is 1.69. The van der Waals surface area contributed by atoms with Crippen molar-refractivity contribution >= 4 is 49.6 Å². The van der Waals surface area contributed by atoms with Gasteiger partial charge in [0, 0.05) is 13.0 Å². The highest BCUT2D eigenvalue weighted by Crippen LogP contribution is 2.33. The molecule has 0 saturated heterocycles. The summed E-state index contributed by atoms with van der Waals surface area (Å²) in [4.78, 5) is 11.6. The predicted molar refractivity (Wildman–Crippen MR) is 134 cm³/mol. The van der Waals surface area contributed by atoms with Gasteiger partial charge in [-0.05, 0) is 35.4 Å². The first-order chi connectivity index (χ1) is 16.3. The van der Waals surface area contributed by atoms with Crippen LogP contribution in [0.1, 0.15) is 30.2 Å². The average molecular weight is 518 g/mol. The summed E-state index contributed by atoms with van der Waals surface area (Å²) in [5, 5.41) is 8.23. The minimum Gasteiger partial charge on any atom is -0.496 e. The number of aromatic nitrogens is 2. The molecule has 0 unspecified atom stereocenters. The van der Waals surface area contributed by atoms with Gasteiger partial charge in [-0.1, -0.05) is 48.9 Å². The summed E-state index contributed by atoms with van der Waals surface area (Å²) in [7, 11) is -2.08. The molecule has 0 spiro atoms. The molecule has 0 aliphatic carbocycles. The van der Waals surface area contributed by atoms with Gasteiger partial charge in [-0.2, -0.15) is 5.10 Å². The Hall–Kier alpha value is -2.88. The van der Waals surface area contributed by atoms with Crippen molar-refractivity contribution in [2.45, 2.75) is 36.4 Å². The van der Waals surface area contributed by atoms with Crippen LogP contribution >= 0.6 is 22.9 Å². The molecule has 0 bridgehead atoms. The van der Waals surface area contributed by atoms with Crippen LogP contribution in [0, 0.1) is 0 Å². The van der Waals surface area contributed by atoms with Crippen molar-refractivity contribution in [3.63, 3.8) is 0 Å². The van der Waals surface area contributed by atoms with Crippen LogP contribution in [0.3, 0.4) is 0 Å². The Bertz CT molecular complexity index is 1440. The van der Waals surface area contributed by atoms with Crippen LogP contribution in [0.4, 0.5) is 0 Å². The second-order valence-electron chi connectivity index (χ2n) is 7.73. The number of fused-ring (bicyclic) bond motifs is 1. The van der Waals surface area contributed by atoms with Crippen molar-refractivity contribution < 1.29 is 17.9 Å². The van der Waals surface area contributed by atoms with Crippen molar-refractivity contribution in [2.24, 2.45) is 0 Å². The lowest BCUT2D eigenvalue weighted by molar-refractivity contribution is -0.120. The number of sulfone groups is 1. The Morgan fingerprint density at radius 1 is 1.15 bits per heavy atom. The first-order valence-corrected chi connectivity index (χ1v) is 13.5. The number of benzene rings is 2. The van der Waals surface area contributed by atoms with Crippen molar-refractivity contribution in [3.8, 4) is 5.75 Å². The summed E-state index contributed by atoms with van der Waals surface area (Å²) in [5.41, 5.74) is 3.16. The highest BCUT2D eigenvalue weighted by molar-refractivity contribution is 7.92. The third-order valence-corrected chi connectivity index (χ3v) is 8.79. The first kappa shape index (κ1) is 24.3. The SMILES string of the molecule is CCC(=O)NCc1cccc(Cn2nc(CS(=O)(=O)c3ccc(Cl)s3)c3c(OC)cccc32)c1. The molecular formula is C24H24ClN3O4S2. The number of amides is 1. The van der Waals surface area contributed by atoms with E-state index in [9.17, 15) is 13.2 Å². The lowest BCUT2D eigenvalue weighted by atomic mass is 10.1. The van der Waals surface area contributed by atoms with Gasteiger partial charge in [0.05, 0.1) is 34.6 Å². The largest absolute Gasteiger partial charge is 0.496 e. The third-order valence-electron chi connectivity index (χ3n) is 5.35. The maximum atomic E-state index is 13.0. The van der Waals surface area contributed by atoms with Gasteiger partial charge < -0.3 is 10.1 Å². The molecule has 10 heteroatoms. The molecule has 2 aromatic carbocycles. The number of thiophene rings is 1. The number of nitrogens with one attached hydrogen (secondary N) is 1. The number of nitrogens with zero attached hydrogens (tertiary/aromatic N) is 2. The molecular weight excluding hydrogens is 494 g/mol. The molecule has 7 nitrogen and oxygen atoms in total. The van der Waals surface area contributed by atoms with E-state index in [1.807, 2.05) is 43.3 Å². The van der Waals surface area contributed by atoms with E-state index < -0.39 is 9.84 Å². The number of halogens is 1. The molecule has 0 saturated carbocycles. The minimum absolute atomic E-state index is 0.00607. The zero-order valence-corrected chi connectivity index (χ0v) is 21.1. The quantitative estimate of drug-likeness (QED) is 0.344. The molecule has 34 heavy (non-hydrogen) atoms. The number of rotatable bonds is 9.